The molecule has 0 radical (unpaired) electrons. The fourth-order valence-electron chi connectivity index (χ4n) is 2.74. The molecule has 3 aromatic heterocycles. The Morgan fingerprint density at radius 1 is 1.00 bits per heavy atom. The molecule has 27 heavy (non-hydrogen) atoms. The topological polar surface area (TPSA) is 96.5 Å². The number of imidazole rings is 1. The van der Waals surface area contributed by atoms with Crippen molar-refractivity contribution in [1.29, 1.82) is 0 Å². The second-order valence-electron chi connectivity index (χ2n) is 5.53. The number of anilines is 2. The maximum Gasteiger partial charge on any atom is 0.203 e. The number of nitrogens with one attached hydrogen (secondary N) is 1. The van der Waals surface area contributed by atoms with Gasteiger partial charge in [0.05, 0.1) is 39.5 Å². The highest BCUT2D eigenvalue weighted by atomic mass is 16.5. The van der Waals surface area contributed by atoms with E-state index in [0.717, 1.165) is 11.2 Å². The average molecular weight is 367 g/mol. The standard InChI is InChI=1S/C18H17N5O4/c1-24-13-6-11(7-14(25-2)17(13)26-3)23-8-15(21-10-23)22-18-16-12(4-5-27-16)19-9-20-18/h4-10H,1-3H3,(H,19,20,22). The Bertz CT molecular complexity index is 1060. The minimum absolute atomic E-state index is 0.531. The predicted octanol–water partition coefficient (Wildman–Crippen LogP) is 3.18. The van der Waals surface area contributed by atoms with Gasteiger partial charge in [-0.25, -0.2) is 15.0 Å². The lowest BCUT2D eigenvalue weighted by molar-refractivity contribution is 0.324. The molecule has 0 aliphatic heterocycles. The molecular weight excluding hydrogens is 350 g/mol. The summed E-state index contributed by atoms with van der Waals surface area (Å²) in [5.74, 6) is 2.79. The molecule has 4 aromatic rings. The molecule has 0 atom stereocenters. The molecule has 0 amide bonds. The SMILES string of the molecule is COc1cc(-n2cnc(Nc3ncnc4ccoc34)c2)cc(OC)c1OC. The fraction of sp³-hybridized carbons (Fsp3) is 0.167. The van der Waals surface area contributed by atoms with Crippen molar-refractivity contribution in [1.82, 2.24) is 19.5 Å². The molecule has 1 aromatic carbocycles. The summed E-state index contributed by atoms with van der Waals surface area (Å²) in [5.41, 5.74) is 2.09. The fourth-order valence-corrected chi connectivity index (χ4v) is 2.74. The van der Waals surface area contributed by atoms with E-state index < -0.39 is 0 Å². The van der Waals surface area contributed by atoms with Gasteiger partial charge in [0, 0.05) is 18.2 Å². The Morgan fingerprint density at radius 3 is 2.48 bits per heavy atom. The normalized spacial score (nSPS) is 10.8. The largest absolute Gasteiger partial charge is 0.493 e. The van der Waals surface area contributed by atoms with Gasteiger partial charge in [0.1, 0.15) is 24.0 Å². The molecule has 3 heterocycles. The van der Waals surface area contributed by atoms with Crippen LogP contribution >= 0.6 is 0 Å². The predicted molar refractivity (Wildman–Crippen MR) is 98.3 cm³/mol. The van der Waals surface area contributed by atoms with E-state index in [1.54, 1.807) is 40.0 Å². The zero-order valence-electron chi connectivity index (χ0n) is 15.0. The molecule has 0 saturated heterocycles. The summed E-state index contributed by atoms with van der Waals surface area (Å²) in [6.07, 6.45) is 6.52. The van der Waals surface area contributed by atoms with Crippen LogP contribution in [0.1, 0.15) is 0 Å². The van der Waals surface area contributed by atoms with Gasteiger partial charge >= 0.3 is 0 Å². The van der Waals surface area contributed by atoms with Crippen molar-refractivity contribution in [3.63, 3.8) is 0 Å². The minimum Gasteiger partial charge on any atom is -0.493 e. The molecule has 0 aliphatic rings. The number of aromatic nitrogens is 4. The summed E-state index contributed by atoms with van der Waals surface area (Å²) in [6.45, 7) is 0. The highest BCUT2D eigenvalue weighted by Gasteiger charge is 2.15. The van der Waals surface area contributed by atoms with E-state index in [2.05, 4.69) is 20.3 Å². The highest BCUT2D eigenvalue weighted by molar-refractivity contribution is 5.84. The molecule has 0 saturated carbocycles. The number of ether oxygens (including phenoxy) is 3. The van der Waals surface area contributed by atoms with Crippen molar-refractivity contribution in [3.8, 4) is 22.9 Å². The first kappa shape index (κ1) is 16.7. The van der Waals surface area contributed by atoms with E-state index >= 15 is 0 Å². The minimum atomic E-state index is 0.531. The maximum atomic E-state index is 5.43. The first-order valence-electron chi connectivity index (χ1n) is 8.03. The van der Waals surface area contributed by atoms with Gasteiger partial charge in [0.15, 0.2) is 22.9 Å². The van der Waals surface area contributed by atoms with Crippen molar-refractivity contribution < 1.29 is 18.6 Å². The van der Waals surface area contributed by atoms with Gasteiger partial charge < -0.3 is 28.5 Å². The summed E-state index contributed by atoms with van der Waals surface area (Å²) in [4.78, 5) is 12.7. The van der Waals surface area contributed by atoms with Crippen LogP contribution in [0.25, 0.3) is 16.8 Å². The van der Waals surface area contributed by atoms with Gasteiger partial charge in [0.25, 0.3) is 0 Å². The lowest BCUT2D eigenvalue weighted by atomic mass is 10.2. The molecular formula is C18H17N5O4. The molecule has 0 bridgehead atoms. The number of hydrogen-bond donors (Lipinski definition) is 1. The van der Waals surface area contributed by atoms with Crippen LogP contribution in [0.4, 0.5) is 11.6 Å². The van der Waals surface area contributed by atoms with Crippen LogP contribution in [0.2, 0.25) is 0 Å². The lowest BCUT2D eigenvalue weighted by Crippen LogP contribution is -1.98. The Morgan fingerprint density at radius 2 is 1.78 bits per heavy atom. The quantitative estimate of drug-likeness (QED) is 0.555. The van der Waals surface area contributed by atoms with Gasteiger partial charge in [0.2, 0.25) is 5.75 Å². The van der Waals surface area contributed by atoms with Crippen LogP contribution in [0.5, 0.6) is 17.2 Å². The summed E-state index contributed by atoms with van der Waals surface area (Å²) in [5, 5.41) is 3.14. The number of furan rings is 1. The molecule has 0 aliphatic carbocycles. The second kappa shape index (κ2) is 6.87. The smallest absolute Gasteiger partial charge is 0.203 e. The number of fused-ring (bicyclic) bond motifs is 1. The van der Waals surface area contributed by atoms with Crippen molar-refractivity contribution in [2.24, 2.45) is 0 Å². The lowest BCUT2D eigenvalue weighted by Gasteiger charge is -2.14. The summed E-state index contributed by atoms with van der Waals surface area (Å²) in [6, 6.07) is 5.45. The Balaban J connectivity index is 1.67. The van der Waals surface area contributed by atoms with Gasteiger partial charge in [-0.1, -0.05) is 0 Å². The molecule has 9 nitrogen and oxygen atoms in total. The van der Waals surface area contributed by atoms with E-state index in [1.807, 2.05) is 22.9 Å². The third-order valence-corrected chi connectivity index (χ3v) is 4.02. The first-order chi connectivity index (χ1) is 13.2. The van der Waals surface area contributed by atoms with Gasteiger partial charge in [-0.05, 0) is 0 Å². The van der Waals surface area contributed by atoms with Gasteiger partial charge in [-0.15, -0.1) is 0 Å². The number of nitrogens with zero attached hydrogens (tertiary/aromatic N) is 4. The zero-order chi connectivity index (χ0) is 18.8. The van der Waals surface area contributed by atoms with Gasteiger partial charge in [-0.2, -0.15) is 0 Å². The summed E-state index contributed by atoms with van der Waals surface area (Å²) >= 11 is 0. The molecule has 0 spiro atoms. The van der Waals surface area contributed by atoms with Crippen LogP contribution in [0.15, 0.2) is 47.7 Å². The van der Waals surface area contributed by atoms with E-state index in [0.29, 0.717) is 34.5 Å². The van der Waals surface area contributed by atoms with Crippen molar-refractivity contribution >= 4 is 22.7 Å². The van der Waals surface area contributed by atoms with Crippen LogP contribution in [0.3, 0.4) is 0 Å². The van der Waals surface area contributed by atoms with E-state index in [1.165, 1.54) is 6.33 Å². The molecule has 0 unspecified atom stereocenters. The van der Waals surface area contributed by atoms with E-state index in [-0.39, 0.29) is 0 Å². The first-order valence-corrected chi connectivity index (χ1v) is 8.03. The van der Waals surface area contributed by atoms with Crippen molar-refractivity contribution in [3.05, 3.63) is 43.3 Å². The van der Waals surface area contributed by atoms with E-state index in [9.17, 15) is 0 Å². The van der Waals surface area contributed by atoms with Crippen LogP contribution in [0, 0.1) is 0 Å². The monoisotopic (exact) mass is 367 g/mol. The Hall–Kier alpha value is -3.75. The molecule has 4 rings (SSSR count). The molecule has 0 fully saturated rings. The Kier molecular flexibility index (Phi) is 4.25. The maximum absolute atomic E-state index is 5.43. The van der Waals surface area contributed by atoms with Crippen LogP contribution < -0.4 is 19.5 Å². The van der Waals surface area contributed by atoms with E-state index in [4.69, 9.17) is 18.6 Å². The third kappa shape index (κ3) is 2.99. The van der Waals surface area contributed by atoms with Gasteiger partial charge in [-0.3, -0.25) is 0 Å². The number of benzene rings is 1. The van der Waals surface area contributed by atoms with Crippen LogP contribution in [-0.4, -0.2) is 40.8 Å². The zero-order valence-corrected chi connectivity index (χ0v) is 15.0. The summed E-state index contributed by atoms with van der Waals surface area (Å²) < 4.78 is 23.4. The average Bonchev–Trinajstić information content (AvgIpc) is 3.36. The number of methoxy groups -OCH3 is 3. The summed E-state index contributed by atoms with van der Waals surface area (Å²) in [7, 11) is 4.72. The number of rotatable bonds is 6. The third-order valence-electron chi connectivity index (χ3n) is 4.02. The molecule has 9 heteroatoms. The van der Waals surface area contributed by atoms with Crippen LogP contribution in [-0.2, 0) is 0 Å². The Labute approximate surface area is 154 Å². The second-order valence-corrected chi connectivity index (χ2v) is 5.53. The number of hydrogen-bond acceptors (Lipinski definition) is 8. The highest BCUT2D eigenvalue weighted by Crippen LogP contribution is 2.39. The van der Waals surface area contributed by atoms with Crippen molar-refractivity contribution in [2.45, 2.75) is 0 Å². The molecule has 138 valence electrons. The van der Waals surface area contributed by atoms with Crippen molar-refractivity contribution in [2.75, 3.05) is 26.6 Å². The molecule has 1 N–H and O–H groups in total.